The van der Waals surface area contributed by atoms with Gasteiger partial charge in [-0.15, -0.1) is 0 Å². The second-order valence-electron chi connectivity index (χ2n) is 4.69. The fraction of sp³-hybridized carbons (Fsp3) is 0.200. The lowest BCUT2D eigenvalue weighted by atomic mass is 10.1. The van der Waals surface area contributed by atoms with Gasteiger partial charge in [0.15, 0.2) is 0 Å². The van der Waals surface area contributed by atoms with Crippen LogP contribution in [0, 0.1) is 17.0 Å². The minimum Gasteiger partial charge on any atom is -0.450 e. The number of aryl methyl sites for hydroxylation is 1. The maximum Gasteiger partial charge on any atom is 0.311 e. The van der Waals surface area contributed by atoms with Gasteiger partial charge in [-0.1, -0.05) is 28.1 Å². The standard InChI is InChI=1S/C15H14BrNO4/c1-9-3-6-15(14(7-9)17(19)20)21-11-4-5-12(10(2)18)13(16)8-11/h3-8,10,18H,1-2H3/t10-/m0/s1. The number of halogens is 1. The topological polar surface area (TPSA) is 72.6 Å². The van der Waals surface area contributed by atoms with Crippen molar-refractivity contribution in [2.75, 3.05) is 0 Å². The number of rotatable bonds is 4. The molecule has 0 heterocycles. The molecule has 0 bridgehead atoms. The van der Waals surface area contributed by atoms with Crippen LogP contribution in [0.2, 0.25) is 0 Å². The minimum atomic E-state index is -0.609. The van der Waals surface area contributed by atoms with E-state index in [1.54, 1.807) is 44.2 Å². The van der Waals surface area contributed by atoms with Crippen LogP contribution in [0.3, 0.4) is 0 Å². The first-order valence-corrected chi connectivity index (χ1v) is 7.08. The molecule has 0 spiro atoms. The van der Waals surface area contributed by atoms with Gasteiger partial charge in [0.2, 0.25) is 5.75 Å². The van der Waals surface area contributed by atoms with Crippen molar-refractivity contribution < 1.29 is 14.8 Å². The van der Waals surface area contributed by atoms with E-state index in [0.29, 0.717) is 10.2 Å². The van der Waals surface area contributed by atoms with E-state index in [9.17, 15) is 15.2 Å². The number of hydrogen-bond acceptors (Lipinski definition) is 4. The minimum absolute atomic E-state index is 0.0780. The number of aliphatic hydroxyl groups excluding tert-OH is 1. The Morgan fingerprint density at radius 3 is 2.57 bits per heavy atom. The summed E-state index contributed by atoms with van der Waals surface area (Å²) in [5.74, 6) is 0.639. The van der Waals surface area contributed by atoms with E-state index in [1.807, 2.05) is 0 Å². The Morgan fingerprint density at radius 1 is 1.29 bits per heavy atom. The van der Waals surface area contributed by atoms with Crippen LogP contribution in [0.5, 0.6) is 11.5 Å². The van der Waals surface area contributed by atoms with E-state index >= 15 is 0 Å². The molecule has 0 aliphatic carbocycles. The van der Waals surface area contributed by atoms with Crippen molar-refractivity contribution >= 4 is 21.6 Å². The molecule has 5 nitrogen and oxygen atoms in total. The summed E-state index contributed by atoms with van der Waals surface area (Å²) in [6.45, 7) is 3.44. The highest BCUT2D eigenvalue weighted by Crippen LogP contribution is 2.34. The summed E-state index contributed by atoms with van der Waals surface area (Å²) in [5, 5.41) is 20.6. The van der Waals surface area contributed by atoms with Crippen LogP contribution in [0.4, 0.5) is 5.69 Å². The molecule has 0 fully saturated rings. The van der Waals surface area contributed by atoms with Gasteiger partial charge in [-0.3, -0.25) is 10.1 Å². The molecule has 110 valence electrons. The zero-order chi connectivity index (χ0) is 15.6. The molecule has 0 aliphatic rings. The molecule has 0 aliphatic heterocycles. The molecule has 0 radical (unpaired) electrons. The number of ether oxygens (including phenoxy) is 1. The highest BCUT2D eigenvalue weighted by molar-refractivity contribution is 9.10. The summed E-state index contributed by atoms with van der Waals surface area (Å²) < 4.78 is 6.27. The molecule has 0 saturated carbocycles. The van der Waals surface area contributed by atoms with Crippen molar-refractivity contribution in [2.24, 2.45) is 0 Å². The number of hydrogen-bond donors (Lipinski definition) is 1. The van der Waals surface area contributed by atoms with Crippen LogP contribution < -0.4 is 4.74 Å². The van der Waals surface area contributed by atoms with Gasteiger partial charge in [0.05, 0.1) is 11.0 Å². The van der Waals surface area contributed by atoms with E-state index in [2.05, 4.69) is 15.9 Å². The third-order valence-electron chi connectivity index (χ3n) is 2.96. The molecule has 0 amide bonds. The van der Waals surface area contributed by atoms with Crippen LogP contribution in [0.1, 0.15) is 24.2 Å². The third kappa shape index (κ3) is 3.59. The second-order valence-corrected chi connectivity index (χ2v) is 5.54. The number of nitro groups is 1. The maximum absolute atomic E-state index is 11.1. The Labute approximate surface area is 130 Å². The zero-order valence-electron chi connectivity index (χ0n) is 11.5. The Kier molecular flexibility index (Phi) is 4.59. The van der Waals surface area contributed by atoms with Crippen molar-refractivity contribution in [3.63, 3.8) is 0 Å². The van der Waals surface area contributed by atoms with E-state index in [0.717, 1.165) is 11.1 Å². The monoisotopic (exact) mass is 351 g/mol. The Balaban J connectivity index is 2.35. The molecule has 0 saturated heterocycles. The van der Waals surface area contributed by atoms with Crippen LogP contribution in [-0.4, -0.2) is 10.0 Å². The lowest BCUT2D eigenvalue weighted by Crippen LogP contribution is -1.96. The fourth-order valence-corrected chi connectivity index (χ4v) is 2.58. The van der Waals surface area contributed by atoms with Gasteiger partial charge in [0, 0.05) is 10.5 Å². The first kappa shape index (κ1) is 15.5. The number of nitro benzene ring substituents is 1. The van der Waals surface area contributed by atoms with Gasteiger partial charge in [0.25, 0.3) is 0 Å². The van der Waals surface area contributed by atoms with Crippen LogP contribution in [-0.2, 0) is 0 Å². The van der Waals surface area contributed by atoms with Gasteiger partial charge in [-0.25, -0.2) is 0 Å². The average Bonchev–Trinajstić information content (AvgIpc) is 2.40. The van der Waals surface area contributed by atoms with Crippen molar-refractivity contribution in [2.45, 2.75) is 20.0 Å². The van der Waals surface area contributed by atoms with E-state index in [1.165, 1.54) is 6.07 Å². The smallest absolute Gasteiger partial charge is 0.311 e. The third-order valence-corrected chi connectivity index (χ3v) is 3.65. The summed E-state index contributed by atoms with van der Waals surface area (Å²) in [5.41, 5.74) is 1.44. The summed E-state index contributed by atoms with van der Waals surface area (Å²) >= 11 is 3.35. The Hall–Kier alpha value is -1.92. The summed E-state index contributed by atoms with van der Waals surface area (Å²) in [4.78, 5) is 10.6. The maximum atomic E-state index is 11.1. The molecule has 21 heavy (non-hydrogen) atoms. The summed E-state index contributed by atoms with van der Waals surface area (Å²) in [7, 11) is 0. The van der Waals surface area contributed by atoms with Gasteiger partial charge in [-0.2, -0.15) is 0 Å². The van der Waals surface area contributed by atoms with Gasteiger partial charge in [0.1, 0.15) is 5.75 Å². The second kappa shape index (κ2) is 6.24. The number of aliphatic hydroxyl groups is 1. The van der Waals surface area contributed by atoms with Gasteiger partial charge >= 0.3 is 5.69 Å². The van der Waals surface area contributed by atoms with Crippen LogP contribution >= 0.6 is 15.9 Å². The van der Waals surface area contributed by atoms with Crippen molar-refractivity contribution in [3.8, 4) is 11.5 Å². The molecule has 2 aromatic rings. The van der Waals surface area contributed by atoms with E-state index < -0.39 is 11.0 Å². The SMILES string of the molecule is Cc1ccc(Oc2ccc([C@H](C)O)c(Br)c2)c([N+](=O)[O-])c1. The molecule has 0 unspecified atom stereocenters. The normalized spacial score (nSPS) is 12.0. The predicted molar refractivity (Wildman–Crippen MR) is 82.7 cm³/mol. The summed E-state index contributed by atoms with van der Waals surface area (Å²) in [6, 6.07) is 9.84. The van der Waals surface area contributed by atoms with Crippen molar-refractivity contribution in [1.82, 2.24) is 0 Å². The average molecular weight is 352 g/mol. The molecule has 0 aromatic heterocycles. The van der Waals surface area contributed by atoms with Crippen LogP contribution in [0.25, 0.3) is 0 Å². The molecule has 1 atom stereocenters. The molecule has 6 heteroatoms. The van der Waals surface area contributed by atoms with Crippen LogP contribution in [0.15, 0.2) is 40.9 Å². The van der Waals surface area contributed by atoms with E-state index in [4.69, 9.17) is 4.74 Å². The molecular formula is C15H14BrNO4. The van der Waals surface area contributed by atoms with Crippen molar-refractivity contribution in [3.05, 3.63) is 62.1 Å². The quantitative estimate of drug-likeness (QED) is 0.649. The molecular weight excluding hydrogens is 338 g/mol. The molecule has 2 aromatic carbocycles. The van der Waals surface area contributed by atoms with Gasteiger partial charge < -0.3 is 9.84 Å². The fourth-order valence-electron chi connectivity index (χ4n) is 1.89. The lowest BCUT2D eigenvalue weighted by Gasteiger charge is -2.11. The first-order valence-electron chi connectivity index (χ1n) is 6.29. The van der Waals surface area contributed by atoms with E-state index in [-0.39, 0.29) is 11.4 Å². The van der Waals surface area contributed by atoms with Gasteiger partial charge in [-0.05, 0) is 43.2 Å². The Bertz CT molecular complexity index is 685. The number of nitrogens with zero attached hydrogens (tertiary/aromatic N) is 1. The lowest BCUT2D eigenvalue weighted by molar-refractivity contribution is -0.385. The molecule has 1 N–H and O–H groups in total. The summed E-state index contributed by atoms with van der Waals surface area (Å²) in [6.07, 6.45) is -0.609. The van der Waals surface area contributed by atoms with Crippen molar-refractivity contribution in [1.29, 1.82) is 0 Å². The zero-order valence-corrected chi connectivity index (χ0v) is 13.1. The highest BCUT2D eigenvalue weighted by atomic mass is 79.9. The largest absolute Gasteiger partial charge is 0.450 e. The predicted octanol–water partition coefficient (Wildman–Crippen LogP) is 4.51. The Morgan fingerprint density at radius 2 is 2.00 bits per heavy atom. The highest BCUT2D eigenvalue weighted by Gasteiger charge is 2.16. The number of benzene rings is 2. The first-order chi connectivity index (χ1) is 9.88. The molecule has 2 rings (SSSR count).